The van der Waals surface area contributed by atoms with Gasteiger partial charge in [0.1, 0.15) is 0 Å². The molecule has 134 valence electrons. The van der Waals surface area contributed by atoms with Gasteiger partial charge in [-0.3, -0.25) is 9.59 Å². The minimum atomic E-state index is -0.153. The van der Waals surface area contributed by atoms with Gasteiger partial charge in [0.2, 0.25) is 5.91 Å². The van der Waals surface area contributed by atoms with Crippen LogP contribution in [0, 0.1) is 0 Å². The molecule has 0 bridgehead atoms. The van der Waals surface area contributed by atoms with E-state index in [9.17, 15) is 9.59 Å². The molecule has 2 aromatic carbocycles. The number of thioether (sulfide) groups is 1. The molecule has 6 heteroatoms. The zero-order valence-corrected chi connectivity index (χ0v) is 15.6. The van der Waals surface area contributed by atoms with Crippen LogP contribution in [0.1, 0.15) is 25.5 Å². The number of fused-ring (bicyclic) bond motifs is 1. The predicted octanol–water partition coefficient (Wildman–Crippen LogP) is 3.39. The van der Waals surface area contributed by atoms with Crippen molar-refractivity contribution >= 4 is 28.7 Å². The van der Waals surface area contributed by atoms with E-state index in [-0.39, 0.29) is 23.3 Å². The van der Waals surface area contributed by atoms with Crippen LogP contribution in [-0.2, 0) is 11.3 Å². The van der Waals surface area contributed by atoms with Crippen LogP contribution in [0.2, 0.25) is 0 Å². The van der Waals surface area contributed by atoms with E-state index < -0.39 is 0 Å². The number of amides is 1. The maximum Gasteiger partial charge on any atom is 0.283 e. The molecule has 3 rings (SSSR count). The van der Waals surface area contributed by atoms with E-state index in [0.717, 1.165) is 16.6 Å². The van der Waals surface area contributed by atoms with Crippen molar-refractivity contribution < 1.29 is 4.79 Å². The fourth-order valence-electron chi connectivity index (χ4n) is 2.82. The van der Waals surface area contributed by atoms with E-state index in [1.165, 1.54) is 11.8 Å². The minimum Gasteiger partial charge on any atom is -0.349 e. The quantitative estimate of drug-likeness (QED) is 0.679. The molecule has 0 spiro atoms. The van der Waals surface area contributed by atoms with Crippen LogP contribution in [0.15, 0.2) is 64.4 Å². The lowest BCUT2D eigenvalue weighted by atomic mass is 10.1. The number of carbonyl (C=O) groups is 1. The summed E-state index contributed by atoms with van der Waals surface area (Å²) in [7, 11) is 0. The fourth-order valence-corrected chi connectivity index (χ4v) is 3.57. The maximum atomic E-state index is 12.6. The Balaban J connectivity index is 1.72. The van der Waals surface area contributed by atoms with Crippen molar-refractivity contribution in [3.05, 3.63) is 70.5 Å². The van der Waals surface area contributed by atoms with E-state index in [1.54, 1.807) is 4.57 Å². The van der Waals surface area contributed by atoms with Crippen LogP contribution in [0.25, 0.3) is 11.0 Å². The summed E-state index contributed by atoms with van der Waals surface area (Å²) in [5.41, 5.74) is 2.46. The number of para-hydroxylation sites is 2. The van der Waals surface area contributed by atoms with Gasteiger partial charge in [-0.1, -0.05) is 54.2 Å². The second kappa shape index (κ2) is 8.19. The van der Waals surface area contributed by atoms with Crippen molar-refractivity contribution in [2.75, 3.05) is 5.75 Å². The van der Waals surface area contributed by atoms with Crippen molar-refractivity contribution in [2.24, 2.45) is 0 Å². The summed E-state index contributed by atoms with van der Waals surface area (Å²) in [5, 5.41) is 3.31. The monoisotopic (exact) mass is 367 g/mol. The summed E-state index contributed by atoms with van der Waals surface area (Å²) in [6.45, 7) is 4.43. The standard InChI is InChI=1S/C20H21N3O2S/c1-3-23-17-12-8-7-11-16(17)22-19(20(23)25)26-13-18(24)21-14(2)15-9-5-4-6-10-15/h4-12,14H,3,13H2,1-2H3,(H,21,24). The molecule has 1 N–H and O–H groups in total. The first-order valence-corrected chi connectivity index (χ1v) is 9.55. The first-order valence-electron chi connectivity index (χ1n) is 8.57. The molecule has 0 fully saturated rings. The Labute approximate surface area is 156 Å². The smallest absolute Gasteiger partial charge is 0.283 e. The molecule has 1 amide bonds. The highest BCUT2D eigenvalue weighted by molar-refractivity contribution is 7.99. The Morgan fingerprint density at radius 1 is 1.15 bits per heavy atom. The molecule has 1 heterocycles. The average Bonchev–Trinajstić information content (AvgIpc) is 2.67. The molecular formula is C20H21N3O2S. The lowest BCUT2D eigenvalue weighted by Gasteiger charge is -2.14. The maximum absolute atomic E-state index is 12.6. The molecule has 0 saturated heterocycles. The highest BCUT2D eigenvalue weighted by atomic mass is 32.2. The van der Waals surface area contributed by atoms with Crippen molar-refractivity contribution in [3.8, 4) is 0 Å². The van der Waals surface area contributed by atoms with Gasteiger partial charge in [0.15, 0.2) is 5.03 Å². The van der Waals surface area contributed by atoms with Crippen molar-refractivity contribution in [2.45, 2.75) is 31.5 Å². The van der Waals surface area contributed by atoms with E-state index in [2.05, 4.69) is 10.3 Å². The third-order valence-corrected chi connectivity index (χ3v) is 5.10. The summed E-state index contributed by atoms with van der Waals surface area (Å²) in [4.78, 5) is 29.3. The molecule has 0 radical (unpaired) electrons. The number of hydrogen-bond donors (Lipinski definition) is 1. The first-order chi connectivity index (χ1) is 12.6. The number of rotatable bonds is 6. The number of aromatic nitrogens is 2. The summed E-state index contributed by atoms with van der Waals surface area (Å²) in [5.74, 6) is 0.0327. The fraction of sp³-hybridized carbons (Fsp3) is 0.250. The molecular weight excluding hydrogens is 346 g/mol. The molecule has 1 unspecified atom stereocenters. The molecule has 0 aliphatic carbocycles. The SMILES string of the molecule is CCn1c(=O)c(SCC(=O)NC(C)c2ccccc2)nc2ccccc21. The minimum absolute atomic E-state index is 0.0823. The summed E-state index contributed by atoms with van der Waals surface area (Å²) in [6.07, 6.45) is 0. The second-order valence-electron chi connectivity index (χ2n) is 5.94. The first kappa shape index (κ1) is 18.2. The van der Waals surface area contributed by atoms with Crippen LogP contribution >= 0.6 is 11.8 Å². The van der Waals surface area contributed by atoms with E-state index in [1.807, 2.05) is 68.4 Å². The van der Waals surface area contributed by atoms with Gasteiger partial charge >= 0.3 is 0 Å². The average molecular weight is 367 g/mol. The lowest BCUT2D eigenvalue weighted by molar-refractivity contribution is -0.119. The Morgan fingerprint density at radius 2 is 1.85 bits per heavy atom. The molecule has 0 aliphatic heterocycles. The molecule has 26 heavy (non-hydrogen) atoms. The van der Waals surface area contributed by atoms with E-state index >= 15 is 0 Å². The van der Waals surface area contributed by atoms with Gasteiger partial charge in [-0.2, -0.15) is 0 Å². The van der Waals surface area contributed by atoms with Crippen LogP contribution in [0.5, 0.6) is 0 Å². The summed E-state index contributed by atoms with van der Waals surface area (Å²) >= 11 is 1.18. The van der Waals surface area contributed by atoms with Gasteiger partial charge in [0.05, 0.1) is 22.8 Å². The van der Waals surface area contributed by atoms with Gasteiger partial charge in [0.25, 0.3) is 5.56 Å². The molecule has 5 nitrogen and oxygen atoms in total. The van der Waals surface area contributed by atoms with Crippen LogP contribution < -0.4 is 10.9 Å². The lowest BCUT2D eigenvalue weighted by Crippen LogP contribution is -2.29. The van der Waals surface area contributed by atoms with E-state index in [4.69, 9.17) is 0 Å². The van der Waals surface area contributed by atoms with Crippen molar-refractivity contribution in [3.63, 3.8) is 0 Å². The largest absolute Gasteiger partial charge is 0.349 e. The third-order valence-electron chi connectivity index (χ3n) is 4.16. The zero-order valence-electron chi connectivity index (χ0n) is 14.8. The van der Waals surface area contributed by atoms with Gasteiger partial charge in [-0.15, -0.1) is 0 Å². The highest BCUT2D eigenvalue weighted by Gasteiger charge is 2.14. The third kappa shape index (κ3) is 3.96. The number of nitrogens with one attached hydrogen (secondary N) is 1. The summed E-state index contributed by atoms with van der Waals surface area (Å²) in [6, 6.07) is 17.2. The van der Waals surface area contributed by atoms with Gasteiger partial charge in [-0.05, 0) is 31.5 Å². The van der Waals surface area contributed by atoms with Crippen molar-refractivity contribution in [1.29, 1.82) is 0 Å². The Morgan fingerprint density at radius 3 is 2.58 bits per heavy atom. The van der Waals surface area contributed by atoms with Crippen LogP contribution in [0.4, 0.5) is 0 Å². The van der Waals surface area contributed by atoms with Gasteiger partial charge in [0, 0.05) is 6.54 Å². The van der Waals surface area contributed by atoms with Crippen LogP contribution in [0.3, 0.4) is 0 Å². The van der Waals surface area contributed by atoms with Gasteiger partial charge in [-0.25, -0.2) is 4.98 Å². The number of nitrogens with zero attached hydrogens (tertiary/aromatic N) is 2. The predicted molar refractivity (Wildman–Crippen MR) is 105 cm³/mol. The topological polar surface area (TPSA) is 64.0 Å². The second-order valence-corrected chi connectivity index (χ2v) is 6.91. The highest BCUT2D eigenvalue weighted by Crippen LogP contribution is 2.17. The number of hydrogen-bond acceptors (Lipinski definition) is 4. The van der Waals surface area contributed by atoms with E-state index in [0.29, 0.717) is 11.6 Å². The molecule has 1 aromatic heterocycles. The molecule has 0 aliphatic rings. The van der Waals surface area contributed by atoms with Crippen molar-refractivity contribution in [1.82, 2.24) is 14.9 Å². The number of benzene rings is 2. The summed E-state index contributed by atoms with van der Waals surface area (Å²) < 4.78 is 1.69. The number of aryl methyl sites for hydroxylation is 1. The molecule has 3 aromatic rings. The Bertz CT molecular complexity index is 970. The Hall–Kier alpha value is -2.60. The molecule has 1 atom stereocenters. The van der Waals surface area contributed by atoms with Crippen LogP contribution in [-0.4, -0.2) is 21.2 Å². The van der Waals surface area contributed by atoms with Gasteiger partial charge < -0.3 is 9.88 Å². The number of carbonyl (C=O) groups excluding carboxylic acids is 1. The normalized spacial score (nSPS) is 12.1. The molecule has 0 saturated carbocycles. The zero-order chi connectivity index (χ0) is 18.5. The Kier molecular flexibility index (Phi) is 5.73.